The molecule has 2 heterocycles. The number of aromatic nitrogens is 3. The lowest BCUT2D eigenvalue weighted by molar-refractivity contribution is 0.0591. The molecule has 0 N–H and O–H groups in total. The average Bonchev–Trinajstić information content (AvgIpc) is 2.71. The van der Waals surface area contributed by atoms with E-state index in [0.29, 0.717) is 23.7 Å². The molecule has 0 spiro atoms. The molecule has 0 aliphatic rings. The van der Waals surface area contributed by atoms with Crippen molar-refractivity contribution in [3.05, 3.63) is 29.7 Å². The third kappa shape index (κ3) is 2.12. The van der Waals surface area contributed by atoms with Gasteiger partial charge < -0.3 is 9.64 Å². The zero-order chi connectivity index (χ0) is 12.4. The summed E-state index contributed by atoms with van der Waals surface area (Å²) in [5.74, 6) is 0.321. The minimum absolute atomic E-state index is 0.393. The summed E-state index contributed by atoms with van der Waals surface area (Å²) >= 11 is 0. The normalized spacial score (nSPS) is 11.1. The van der Waals surface area contributed by atoms with Crippen LogP contribution in [-0.2, 0) is 11.3 Å². The second-order valence-corrected chi connectivity index (χ2v) is 3.95. The number of hydrogen-bond acceptors (Lipinski definition) is 5. The molecule has 0 aromatic carbocycles. The third-order valence-corrected chi connectivity index (χ3v) is 2.35. The van der Waals surface area contributed by atoms with Crippen LogP contribution in [0.4, 0.5) is 0 Å². The molecule has 0 aliphatic carbocycles. The van der Waals surface area contributed by atoms with Gasteiger partial charge in [-0.05, 0) is 26.2 Å². The molecule has 0 amide bonds. The SMILES string of the molecule is COC(=O)c1cccc2nnc(CN(C)C)n12. The van der Waals surface area contributed by atoms with Gasteiger partial charge in [0, 0.05) is 0 Å². The van der Waals surface area contributed by atoms with Crippen molar-refractivity contribution in [3.63, 3.8) is 0 Å². The van der Waals surface area contributed by atoms with E-state index in [2.05, 4.69) is 10.2 Å². The van der Waals surface area contributed by atoms with Crippen molar-refractivity contribution in [2.75, 3.05) is 21.2 Å². The summed E-state index contributed by atoms with van der Waals surface area (Å²) in [4.78, 5) is 13.6. The molecule has 0 bridgehead atoms. The summed E-state index contributed by atoms with van der Waals surface area (Å²) in [6.07, 6.45) is 0. The Kier molecular flexibility index (Phi) is 3.06. The van der Waals surface area contributed by atoms with Gasteiger partial charge in [0.1, 0.15) is 5.69 Å². The van der Waals surface area contributed by atoms with Gasteiger partial charge in [0.2, 0.25) is 0 Å². The van der Waals surface area contributed by atoms with Crippen molar-refractivity contribution in [1.29, 1.82) is 0 Å². The third-order valence-electron chi connectivity index (χ3n) is 2.35. The van der Waals surface area contributed by atoms with Crippen LogP contribution in [0.5, 0.6) is 0 Å². The van der Waals surface area contributed by atoms with E-state index in [9.17, 15) is 4.79 Å². The van der Waals surface area contributed by atoms with Crippen molar-refractivity contribution >= 4 is 11.6 Å². The maximum atomic E-state index is 11.7. The first kappa shape index (κ1) is 11.5. The molecule has 6 heteroatoms. The van der Waals surface area contributed by atoms with Crippen LogP contribution in [0.2, 0.25) is 0 Å². The Balaban J connectivity index is 2.59. The number of carbonyl (C=O) groups excluding carboxylic acids is 1. The lowest BCUT2D eigenvalue weighted by Gasteiger charge is -2.09. The number of ether oxygens (including phenoxy) is 1. The van der Waals surface area contributed by atoms with Gasteiger partial charge in [0.05, 0.1) is 13.7 Å². The minimum atomic E-state index is -0.393. The molecule has 0 radical (unpaired) electrons. The number of fused-ring (bicyclic) bond motifs is 1. The van der Waals surface area contributed by atoms with Gasteiger partial charge in [-0.15, -0.1) is 10.2 Å². The molecule has 2 aromatic heterocycles. The molecule has 0 aliphatic heterocycles. The van der Waals surface area contributed by atoms with Crippen LogP contribution in [0.3, 0.4) is 0 Å². The molecule has 0 saturated heterocycles. The van der Waals surface area contributed by atoms with E-state index in [1.54, 1.807) is 22.6 Å². The zero-order valence-corrected chi connectivity index (χ0v) is 10.0. The van der Waals surface area contributed by atoms with Crippen molar-refractivity contribution in [1.82, 2.24) is 19.5 Å². The lowest BCUT2D eigenvalue weighted by atomic mass is 10.3. The Hall–Kier alpha value is -1.95. The second-order valence-electron chi connectivity index (χ2n) is 3.95. The van der Waals surface area contributed by atoms with Gasteiger partial charge >= 0.3 is 5.97 Å². The van der Waals surface area contributed by atoms with Crippen molar-refractivity contribution in [2.24, 2.45) is 0 Å². The molecule has 2 aromatic rings. The number of esters is 1. The topological polar surface area (TPSA) is 59.7 Å². The van der Waals surface area contributed by atoms with Crippen molar-refractivity contribution < 1.29 is 9.53 Å². The number of methoxy groups -OCH3 is 1. The molecular weight excluding hydrogens is 220 g/mol. The van der Waals surface area contributed by atoms with Gasteiger partial charge in [0.15, 0.2) is 11.5 Å². The van der Waals surface area contributed by atoms with Crippen LogP contribution < -0.4 is 0 Å². The van der Waals surface area contributed by atoms with Gasteiger partial charge in [0.25, 0.3) is 0 Å². The highest BCUT2D eigenvalue weighted by Crippen LogP contribution is 2.10. The van der Waals surface area contributed by atoms with E-state index >= 15 is 0 Å². The Bertz CT molecular complexity index is 547. The predicted octanol–water partition coefficient (Wildman–Crippen LogP) is 0.577. The van der Waals surface area contributed by atoms with Gasteiger partial charge in [-0.25, -0.2) is 4.79 Å². The summed E-state index contributed by atoms with van der Waals surface area (Å²) in [7, 11) is 5.22. The highest BCUT2D eigenvalue weighted by Gasteiger charge is 2.15. The molecule has 17 heavy (non-hydrogen) atoms. The quantitative estimate of drug-likeness (QED) is 0.727. The lowest BCUT2D eigenvalue weighted by Crippen LogP contribution is -2.16. The molecule has 0 saturated carbocycles. The molecular formula is C11H14N4O2. The maximum absolute atomic E-state index is 11.7. The highest BCUT2D eigenvalue weighted by molar-refractivity contribution is 5.88. The van der Waals surface area contributed by atoms with Crippen molar-refractivity contribution in [2.45, 2.75) is 6.54 Å². The summed E-state index contributed by atoms with van der Waals surface area (Å²) in [6, 6.07) is 5.26. The number of pyridine rings is 1. The Morgan fingerprint density at radius 2 is 2.18 bits per heavy atom. The predicted molar refractivity (Wildman–Crippen MR) is 61.7 cm³/mol. The van der Waals surface area contributed by atoms with Gasteiger partial charge in [-0.1, -0.05) is 6.07 Å². The average molecular weight is 234 g/mol. The standard InChI is InChI=1S/C11H14N4O2/c1-14(2)7-10-13-12-9-6-4-5-8(15(9)10)11(16)17-3/h4-6H,7H2,1-3H3. The summed E-state index contributed by atoms with van der Waals surface area (Å²) in [5, 5.41) is 8.10. The van der Waals surface area contributed by atoms with Gasteiger partial charge in [-0.2, -0.15) is 0 Å². The van der Waals surface area contributed by atoms with Crippen LogP contribution in [0.1, 0.15) is 16.3 Å². The Labute approximate surface area is 98.8 Å². The van der Waals surface area contributed by atoms with Crippen LogP contribution in [-0.4, -0.2) is 46.7 Å². The first-order valence-corrected chi connectivity index (χ1v) is 5.19. The smallest absolute Gasteiger partial charge is 0.355 e. The first-order valence-electron chi connectivity index (χ1n) is 5.19. The molecule has 0 atom stereocenters. The summed E-state index contributed by atoms with van der Waals surface area (Å²) in [5.41, 5.74) is 1.08. The number of hydrogen-bond donors (Lipinski definition) is 0. The fourth-order valence-electron chi connectivity index (χ4n) is 1.65. The van der Waals surface area contributed by atoms with E-state index < -0.39 is 5.97 Å². The zero-order valence-electron chi connectivity index (χ0n) is 10.0. The fraction of sp³-hybridized carbons (Fsp3) is 0.364. The Morgan fingerprint density at radius 3 is 2.82 bits per heavy atom. The van der Waals surface area contributed by atoms with Gasteiger partial charge in [-0.3, -0.25) is 4.40 Å². The number of nitrogens with zero attached hydrogens (tertiary/aromatic N) is 4. The van der Waals surface area contributed by atoms with E-state index in [4.69, 9.17) is 4.74 Å². The number of carbonyl (C=O) groups is 1. The first-order chi connectivity index (χ1) is 8.13. The van der Waals surface area contributed by atoms with Crippen LogP contribution in [0.25, 0.3) is 5.65 Å². The van der Waals surface area contributed by atoms with E-state index in [-0.39, 0.29) is 0 Å². The van der Waals surface area contributed by atoms with E-state index in [1.165, 1.54) is 7.11 Å². The van der Waals surface area contributed by atoms with E-state index in [0.717, 1.165) is 0 Å². The maximum Gasteiger partial charge on any atom is 0.355 e. The van der Waals surface area contributed by atoms with E-state index in [1.807, 2.05) is 19.0 Å². The molecule has 0 unspecified atom stereocenters. The molecule has 2 rings (SSSR count). The Morgan fingerprint density at radius 1 is 1.41 bits per heavy atom. The molecule has 0 fully saturated rings. The molecule has 6 nitrogen and oxygen atoms in total. The molecule has 90 valence electrons. The van der Waals surface area contributed by atoms with Crippen LogP contribution in [0.15, 0.2) is 18.2 Å². The highest BCUT2D eigenvalue weighted by atomic mass is 16.5. The largest absolute Gasteiger partial charge is 0.464 e. The van der Waals surface area contributed by atoms with Crippen LogP contribution >= 0.6 is 0 Å². The van der Waals surface area contributed by atoms with Crippen molar-refractivity contribution in [3.8, 4) is 0 Å². The minimum Gasteiger partial charge on any atom is -0.464 e. The summed E-state index contributed by atoms with van der Waals surface area (Å²) < 4.78 is 6.46. The monoisotopic (exact) mass is 234 g/mol. The summed E-state index contributed by atoms with van der Waals surface area (Å²) in [6.45, 7) is 0.606. The number of rotatable bonds is 3. The fourth-order valence-corrected chi connectivity index (χ4v) is 1.65. The second kappa shape index (κ2) is 4.50. The van der Waals surface area contributed by atoms with Crippen LogP contribution in [0, 0.1) is 0 Å².